The highest BCUT2D eigenvalue weighted by molar-refractivity contribution is 6.32. The van der Waals surface area contributed by atoms with Crippen molar-refractivity contribution in [3.8, 4) is 5.75 Å². The number of aryl methyl sites for hydroxylation is 1. The number of benzene rings is 1. The quantitative estimate of drug-likeness (QED) is 0.765. The van der Waals surface area contributed by atoms with Crippen LogP contribution in [0.2, 0.25) is 5.02 Å². The number of halogens is 1. The van der Waals surface area contributed by atoms with E-state index < -0.39 is 0 Å². The molecule has 3 heteroatoms. The van der Waals surface area contributed by atoms with Crippen LogP contribution >= 0.6 is 11.6 Å². The molecule has 0 aliphatic carbocycles. The van der Waals surface area contributed by atoms with Gasteiger partial charge in [-0.05, 0) is 18.6 Å². The van der Waals surface area contributed by atoms with Gasteiger partial charge in [0, 0.05) is 12.1 Å². The molecule has 0 aliphatic heterocycles. The number of hydrogen-bond donors (Lipinski definition) is 2. The second kappa shape index (κ2) is 4.30. The summed E-state index contributed by atoms with van der Waals surface area (Å²) in [5.41, 5.74) is 6.74. The van der Waals surface area contributed by atoms with Crippen LogP contribution in [0.4, 0.5) is 0 Å². The number of rotatable bonds is 2. The molecule has 0 bridgehead atoms. The highest BCUT2D eigenvalue weighted by Crippen LogP contribution is 2.29. The van der Waals surface area contributed by atoms with Gasteiger partial charge in [0.05, 0.1) is 5.02 Å². The first-order valence-corrected chi connectivity index (χ1v) is 4.39. The molecule has 0 aliphatic rings. The van der Waals surface area contributed by atoms with E-state index in [9.17, 15) is 5.11 Å². The summed E-state index contributed by atoms with van der Waals surface area (Å²) < 4.78 is 0. The predicted molar refractivity (Wildman–Crippen MR) is 55.9 cm³/mol. The lowest BCUT2D eigenvalue weighted by Crippen LogP contribution is -1.92. The summed E-state index contributed by atoms with van der Waals surface area (Å²) in [6.07, 6.45) is 3.48. The Morgan fingerprint density at radius 1 is 1.54 bits per heavy atom. The number of hydrogen-bond acceptors (Lipinski definition) is 2. The molecule has 0 heterocycles. The highest BCUT2D eigenvalue weighted by Gasteiger charge is 2.04. The van der Waals surface area contributed by atoms with E-state index >= 15 is 0 Å². The van der Waals surface area contributed by atoms with Crippen molar-refractivity contribution in [2.45, 2.75) is 6.92 Å². The van der Waals surface area contributed by atoms with Gasteiger partial charge in [0.15, 0.2) is 0 Å². The molecule has 0 fully saturated rings. The molecule has 0 radical (unpaired) electrons. The van der Waals surface area contributed by atoms with Gasteiger partial charge in [-0.15, -0.1) is 0 Å². The molecule has 0 spiro atoms. The van der Waals surface area contributed by atoms with Crippen molar-refractivity contribution >= 4 is 17.7 Å². The maximum atomic E-state index is 9.63. The van der Waals surface area contributed by atoms with Crippen molar-refractivity contribution in [2.24, 2.45) is 5.73 Å². The van der Waals surface area contributed by atoms with Gasteiger partial charge in [-0.2, -0.15) is 0 Å². The summed E-state index contributed by atoms with van der Waals surface area (Å²) in [5.74, 6) is 0.220. The van der Waals surface area contributed by atoms with Crippen LogP contribution in [-0.2, 0) is 0 Å². The Labute approximate surface area is 82.6 Å². The smallest absolute Gasteiger partial charge is 0.127 e. The molecule has 0 saturated heterocycles. The maximum absolute atomic E-state index is 9.63. The van der Waals surface area contributed by atoms with Gasteiger partial charge >= 0.3 is 0 Å². The number of phenols is 1. The molecule has 2 nitrogen and oxygen atoms in total. The zero-order valence-corrected chi connectivity index (χ0v) is 8.17. The van der Waals surface area contributed by atoms with Gasteiger partial charge in [-0.3, -0.25) is 0 Å². The fourth-order valence-corrected chi connectivity index (χ4v) is 1.25. The minimum Gasteiger partial charge on any atom is -0.507 e. The summed E-state index contributed by atoms with van der Waals surface area (Å²) in [7, 11) is 0. The molecule has 0 aromatic heterocycles. The number of nitrogens with two attached hydrogens (primary N) is 1. The Bertz CT molecular complexity index is 334. The summed E-state index contributed by atoms with van der Waals surface area (Å²) in [6, 6.07) is 3.53. The molecule has 0 atom stereocenters. The largest absolute Gasteiger partial charge is 0.507 e. The Balaban J connectivity index is 3.17. The molecular weight excluding hydrogens is 186 g/mol. The molecule has 13 heavy (non-hydrogen) atoms. The van der Waals surface area contributed by atoms with Crippen molar-refractivity contribution in [1.82, 2.24) is 0 Å². The lowest BCUT2D eigenvalue weighted by molar-refractivity contribution is 0.470. The van der Waals surface area contributed by atoms with Crippen LogP contribution < -0.4 is 5.73 Å². The normalized spacial score (nSPS) is 11.0. The van der Waals surface area contributed by atoms with Crippen molar-refractivity contribution in [3.05, 3.63) is 34.4 Å². The van der Waals surface area contributed by atoms with Crippen LogP contribution in [0.1, 0.15) is 11.1 Å². The predicted octanol–water partition coefficient (Wildman–Crippen LogP) is 2.33. The SMILES string of the molecule is Cc1ccc(Cl)c(/C=C/CN)c1O. The second-order valence-electron chi connectivity index (χ2n) is 2.76. The third kappa shape index (κ3) is 2.23. The van der Waals surface area contributed by atoms with Crippen LogP contribution in [0, 0.1) is 6.92 Å². The van der Waals surface area contributed by atoms with Crippen molar-refractivity contribution in [3.63, 3.8) is 0 Å². The van der Waals surface area contributed by atoms with E-state index in [0.717, 1.165) is 5.56 Å². The van der Waals surface area contributed by atoms with Gasteiger partial charge in [-0.25, -0.2) is 0 Å². The van der Waals surface area contributed by atoms with E-state index in [2.05, 4.69) is 0 Å². The van der Waals surface area contributed by atoms with Crippen molar-refractivity contribution in [2.75, 3.05) is 6.54 Å². The Kier molecular flexibility index (Phi) is 3.34. The lowest BCUT2D eigenvalue weighted by atomic mass is 10.1. The van der Waals surface area contributed by atoms with E-state index in [1.807, 2.05) is 6.92 Å². The lowest BCUT2D eigenvalue weighted by Gasteiger charge is -2.04. The second-order valence-corrected chi connectivity index (χ2v) is 3.17. The highest BCUT2D eigenvalue weighted by atomic mass is 35.5. The zero-order chi connectivity index (χ0) is 9.84. The molecule has 1 aromatic carbocycles. The average Bonchev–Trinajstić information content (AvgIpc) is 2.12. The summed E-state index contributed by atoms with van der Waals surface area (Å²) in [4.78, 5) is 0. The van der Waals surface area contributed by atoms with Crippen LogP contribution in [0.5, 0.6) is 5.75 Å². The van der Waals surface area contributed by atoms with E-state index in [4.69, 9.17) is 17.3 Å². The van der Waals surface area contributed by atoms with Gasteiger partial charge in [0.25, 0.3) is 0 Å². The maximum Gasteiger partial charge on any atom is 0.127 e. The van der Waals surface area contributed by atoms with E-state index in [1.165, 1.54) is 0 Å². The fraction of sp³-hybridized carbons (Fsp3) is 0.200. The average molecular weight is 198 g/mol. The van der Waals surface area contributed by atoms with Crippen LogP contribution in [-0.4, -0.2) is 11.7 Å². The Morgan fingerprint density at radius 2 is 2.23 bits per heavy atom. The van der Waals surface area contributed by atoms with E-state index in [-0.39, 0.29) is 5.75 Å². The third-order valence-electron chi connectivity index (χ3n) is 1.79. The van der Waals surface area contributed by atoms with Crippen LogP contribution in [0.25, 0.3) is 6.08 Å². The molecule has 1 aromatic rings. The van der Waals surface area contributed by atoms with Gasteiger partial charge in [0.2, 0.25) is 0 Å². The number of phenolic OH excluding ortho intramolecular Hbond substituents is 1. The standard InChI is InChI=1S/C10H12ClNO/c1-7-4-5-9(11)8(10(7)13)3-2-6-12/h2-5,13H,6,12H2,1H3/b3-2+. The fourth-order valence-electron chi connectivity index (χ4n) is 1.04. The van der Waals surface area contributed by atoms with Crippen molar-refractivity contribution in [1.29, 1.82) is 0 Å². The molecule has 0 saturated carbocycles. The van der Waals surface area contributed by atoms with E-state index in [1.54, 1.807) is 24.3 Å². The molecule has 1 rings (SSSR count). The first-order chi connectivity index (χ1) is 6.16. The van der Waals surface area contributed by atoms with Crippen LogP contribution in [0.15, 0.2) is 18.2 Å². The summed E-state index contributed by atoms with van der Waals surface area (Å²) >= 11 is 5.89. The molecule has 0 unspecified atom stereocenters. The summed E-state index contributed by atoms with van der Waals surface area (Å²) in [6.45, 7) is 2.26. The monoisotopic (exact) mass is 197 g/mol. The Morgan fingerprint density at radius 3 is 2.85 bits per heavy atom. The third-order valence-corrected chi connectivity index (χ3v) is 2.12. The first kappa shape index (κ1) is 10.1. The molecular formula is C10H12ClNO. The van der Waals surface area contributed by atoms with E-state index in [0.29, 0.717) is 17.1 Å². The minimum absolute atomic E-state index is 0.220. The summed E-state index contributed by atoms with van der Waals surface area (Å²) in [5, 5.41) is 10.2. The molecule has 0 amide bonds. The number of aromatic hydroxyl groups is 1. The van der Waals surface area contributed by atoms with Gasteiger partial charge < -0.3 is 10.8 Å². The Hall–Kier alpha value is -0.990. The topological polar surface area (TPSA) is 46.2 Å². The molecule has 3 N–H and O–H groups in total. The van der Waals surface area contributed by atoms with Crippen molar-refractivity contribution < 1.29 is 5.11 Å². The zero-order valence-electron chi connectivity index (χ0n) is 7.42. The first-order valence-electron chi connectivity index (χ1n) is 4.01. The van der Waals surface area contributed by atoms with Crippen LogP contribution in [0.3, 0.4) is 0 Å². The van der Waals surface area contributed by atoms with Gasteiger partial charge in [-0.1, -0.05) is 29.8 Å². The molecule has 70 valence electrons. The van der Waals surface area contributed by atoms with Gasteiger partial charge in [0.1, 0.15) is 5.75 Å². The minimum atomic E-state index is 0.220.